The first-order valence-corrected chi connectivity index (χ1v) is 6.17. The molecule has 0 radical (unpaired) electrons. The van der Waals surface area contributed by atoms with E-state index < -0.39 is 11.3 Å². The average Bonchev–Trinajstić information content (AvgIpc) is 2.26. The van der Waals surface area contributed by atoms with E-state index in [0.717, 1.165) is 25.7 Å². The molecular formula is C12H26ClN3O2. The minimum atomic E-state index is -0.685. The predicted molar refractivity (Wildman–Crippen MR) is 75.4 cm³/mol. The number of halogens is 1. The molecule has 0 unspecified atom stereocenters. The fourth-order valence-corrected chi connectivity index (χ4v) is 1.28. The Bertz CT molecular complexity index is 258. The molecule has 108 valence electrons. The lowest BCUT2D eigenvalue weighted by molar-refractivity contribution is -0.127. The van der Waals surface area contributed by atoms with E-state index in [-0.39, 0.29) is 18.3 Å². The molecular weight excluding hydrogens is 254 g/mol. The van der Waals surface area contributed by atoms with Gasteiger partial charge >= 0.3 is 0 Å². The summed E-state index contributed by atoms with van der Waals surface area (Å²) in [6.07, 6.45) is 4.46. The van der Waals surface area contributed by atoms with E-state index >= 15 is 0 Å². The van der Waals surface area contributed by atoms with Crippen LogP contribution in [-0.2, 0) is 9.59 Å². The van der Waals surface area contributed by atoms with Gasteiger partial charge in [-0.2, -0.15) is 0 Å². The molecule has 18 heavy (non-hydrogen) atoms. The summed E-state index contributed by atoms with van der Waals surface area (Å²) in [5.74, 6) is -0.423. The molecule has 0 heterocycles. The monoisotopic (exact) mass is 279 g/mol. The summed E-state index contributed by atoms with van der Waals surface area (Å²) in [5, 5.41) is 2.73. The van der Waals surface area contributed by atoms with Crippen LogP contribution in [0.4, 0.5) is 0 Å². The van der Waals surface area contributed by atoms with Crippen molar-refractivity contribution in [1.29, 1.82) is 0 Å². The van der Waals surface area contributed by atoms with Crippen LogP contribution >= 0.6 is 12.4 Å². The number of nitrogens with one attached hydrogen (secondary N) is 1. The van der Waals surface area contributed by atoms with Crippen molar-refractivity contribution in [2.24, 2.45) is 16.9 Å². The second-order valence-electron chi connectivity index (χ2n) is 4.98. The van der Waals surface area contributed by atoms with Crippen molar-refractivity contribution in [3.63, 3.8) is 0 Å². The first-order chi connectivity index (χ1) is 7.90. The van der Waals surface area contributed by atoms with Crippen LogP contribution in [0.2, 0.25) is 0 Å². The van der Waals surface area contributed by atoms with Crippen molar-refractivity contribution < 1.29 is 9.59 Å². The van der Waals surface area contributed by atoms with Crippen LogP contribution in [0.15, 0.2) is 0 Å². The second-order valence-corrected chi connectivity index (χ2v) is 4.98. The van der Waals surface area contributed by atoms with Gasteiger partial charge in [0.05, 0.1) is 5.41 Å². The molecule has 0 aromatic rings. The standard InChI is InChI=1S/C12H25N3O2.ClH/c1-12(2,11(14)17)9-15-10(16)7-5-3-4-6-8-13;/h3-9,13H2,1-2H3,(H2,14,17)(H,15,16);1H. The van der Waals surface area contributed by atoms with Gasteiger partial charge in [0, 0.05) is 13.0 Å². The topological polar surface area (TPSA) is 98.2 Å². The third kappa shape index (κ3) is 9.24. The Morgan fingerprint density at radius 2 is 1.67 bits per heavy atom. The van der Waals surface area contributed by atoms with Gasteiger partial charge in [0.15, 0.2) is 0 Å². The van der Waals surface area contributed by atoms with Crippen LogP contribution < -0.4 is 16.8 Å². The summed E-state index contributed by atoms with van der Waals surface area (Å²) in [7, 11) is 0. The van der Waals surface area contributed by atoms with Gasteiger partial charge in [-0.15, -0.1) is 12.4 Å². The Hall–Kier alpha value is -0.810. The third-order valence-electron chi connectivity index (χ3n) is 2.75. The molecule has 0 aromatic carbocycles. The maximum absolute atomic E-state index is 11.5. The first kappa shape index (κ1) is 19.5. The van der Waals surface area contributed by atoms with Gasteiger partial charge in [-0.1, -0.05) is 12.8 Å². The maximum Gasteiger partial charge on any atom is 0.224 e. The molecule has 0 saturated carbocycles. The SMILES string of the molecule is CC(C)(CNC(=O)CCCCCCN)C(N)=O.Cl. The van der Waals surface area contributed by atoms with Gasteiger partial charge in [-0.25, -0.2) is 0 Å². The molecule has 5 N–H and O–H groups in total. The van der Waals surface area contributed by atoms with Crippen LogP contribution in [0.5, 0.6) is 0 Å². The fourth-order valence-electron chi connectivity index (χ4n) is 1.28. The summed E-state index contributed by atoms with van der Waals surface area (Å²) in [6.45, 7) is 4.44. The van der Waals surface area contributed by atoms with Crippen molar-refractivity contribution >= 4 is 24.2 Å². The second kappa shape index (κ2) is 10.1. The van der Waals surface area contributed by atoms with Crippen molar-refractivity contribution in [1.82, 2.24) is 5.32 Å². The molecule has 0 fully saturated rings. The highest BCUT2D eigenvalue weighted by Gasteiger charge is 2.25. The lowest BCUT2D eigenvalue weighted by atomic mass is 9.93. The van der Waals surface area contributed by atoms with Gasteiger partial charge in [-0.05, 0) is 33.2 Å². The number of carbonyl (C=O) groups is 2. The Kier molecular flexibility index (Phi) is 11.0. The third-order valence-corrected chi connectivity index (χ3v) is 2.75. The van der Waals surface area contributed by atoms with Gasteiger partial charge in [0.2, 0.25) is 11.8 Å². The molecule has 0 spiro atoms. The number of carbonyl (C=O) groups excluding carboxylic acids is 2. The molecule has 6 heteroatoms. The van der Waals surface area contributed by atoms with Gasteiger partial charge in [0.1, 0.15) is 0 Å². The molecule has 0 bridgehead atoms. The molecule has 0 aliphatic rings. The van der Waals surface area contributed by atoms with Crippen LogP contribution in [0, 0.1) is 5.41 Å². The minimum absolute atomic E-state index is 0. The van der Waals surface area contributed by atoms with Crippen LogP contribution in [0.3, 0.4) is 0 Å². The molecule has 5 nitrogen and oxygen atoms in total. The molecule has 0 aliphatic heterocycles. The zero-order valence-corrected chi connectivity index (χ0v) is 12.1. The maximum atomic E-state index is 11.5. The molecule has 2 amide bonds. The molecule has 0 aliphatic carbocycles. The molecule has 0 atom stereocenters. The van der Waals surface area contributed by atoms with Crippen LogP contribution in [-0.4, -0.2) is 24.9 Å². The van der Waals surface area contributed by atoms with Gasteiger partial charge in [-0.3, -0.25) is 9.59 Å². The quantitative estimate of drug-likeness (QED) is 0.548. The number of hydrogen-bond acceptors (Lipinski definition) is 3. The first-order valence-electron chi connectivity index (χ1n) is 6.17. The van der Waals surface area contributed by atoms with Crippen molar-refractivity contribution in [3.05, 3.63) is 0 Å². The zero-order chi connectivity index (χ0) is 13.3. The lowest BCUT2D eigenvalue weighted by Crippen LogP contribution is -2.42. The Balaban J connectivity index is 0. The van der Waals surface area contributed by atoms with E-state index in [1.807, 2.05) is 0 Å². The minimum Gasteiger partial charge on any atom is -0.369 e. The van der Waals surface area contributed by atoms with Crippen LogP contribution in [0.25, 0.3) is 0 Å². The zero-order valence-electron chi connectivity index (χ0n) is 11.3. The highest BCUT2D eigenvalue weighted by molar-refractivity contribution is 5.85. The highest BCUT2D eigenvalue weighted by Crippen LogP contribution is 2.12. The van der Waals surface area contributed by atoms with E-state index in [0.29, 0.717) is 19.5 Å². The molecule has 0 aromatic heterocycles. The number of nitrogens with two attached hydrogens (primary N) is 2. The van der Waals surface area contributed by atoms with Gasteiger partial charge in [0.25, 0.3) is 0 Å². The smallest absolute Gasteiger partial charge is 0.224 e. The molecule has 0 rings (SSSR count). The molecule has 0 saturated heterocycles. The van der Waals surface area contributed by atoms with E-state index in [1.54, 1.807) is 13.8 Å². The van der Waals surface area contributed by atoms with E-state index in [4.69, 9.17) is 11.5 Å². The average molecular weight is 280 g/mol. The Morgan fingerprint density at radius 1 is 1.11 bits per heavy atom. The summed E-state index contributed by atoms with van der Waals surface area (Å²) >= 11 is 0. The van der Waals surface area contributed by atoms with Crippen molar-refractivity contribution in [2.45, 2.75) is 46.0 Å². The lowest BCUT2D eigenvalue weighted by Gasteiger charge is -2.20. The Morgan fingerprint density at radius 3 is 2.17 bits per heavy atom. The summed E-state index contributed by atoms with van der Waals surface area (Å²) in [4.78, 5) is 22.5. The number of rotatable bonds is 9. The number of amides is 2. The van der Waals surface area contributed by atoms with Crippen LogP contribution in [0.1, 0.15) is 46.0 Å². The number of hydrogen-bond donors (Lipinski definition) is 3. The number of unbranched alkanes of at least 4 members (excludes halogenated alkanes) is 3. The van der Waals surface area contributed by atoms with Gasteiger partial charge < -0.3 is 16.8 Å². The normalized spacial score (nSPS) is 10.6. The van der Waals surface area contributed by atoms with E-state index in [2.05, 4.69) is 5.32 Å². The highest BCUT2D eigenvalue weighted by atomic mass is 35.5. The summed E-state index contributed by atoms with van der Waals surface area (Å²) in [5.41, 5.74) is 9.90. The largest absolute Gasteiger partial charge is 0.369 e. The Labute approximate surface area is 115 Å². The summed E-state index contributed by atoms with van der Waals surface area (Å²) < 4.78 is 0. The van der Waals surface area contributed by atoms with E-state index in [9.17, 15) is 9.59 Å². The predicted octanol–water partition coefficient (Wildman–Crippen LogP) is 0.945. The van der Waals surface area contributed by atoms with E-state index in [1.165, 1.54) is 0 Å². The fraction of sp³-hybridized carbons (Fsp3) is 0.833. The van der Waals surface area contributed by atoms with Crippen molar-refractivity contribution in [3.8, 4) is 0 Å². The summed E-state index contributed by atoms with van der Waals surface area (Å²) in [6, 6.07) is 0. The number of primary amides is 1. The van der Waals surface area contributed by atoms with Crippen molar-refractivity contribution in [2.75, 3.05) is 13.1 Å².